The molecule has 0 amide bonds. The van der Waals surface area contributed by atoms with Crippen LogP contribution in [0.4, 0.5) is 0 Å². The minimum atomic E-state index is -2.65. The number of aromatic hydroxyl groups is 2. The number of nitrogens with one attached hydrogen (secondary N) is 1. The molecular formula is C14H21NO8. The minimum absolute atomic E-state index is 0.0705. The molecule has 0 bridgehead atoms. The molecule has 9 heteroatoms. The molecule has 130 valence electrons. The second-order valence-electron chi connectivity index (χ2n) is 5.24. The number of aldehydes is 1. The Balaban J connectivity index is 2.98. The quantitative estimate of drug-likeness (QED) is 0.193. The Bertz CT molecular complexity index is 540. The van der Waals surface area contributed by atoms with Gasteiger partial charge in [0.2, 0.25) is 5.72 Å². The number of benzene rings is 1. The van der Waals surface area contributed by atoms with Crippen LogP contribution in [0.15, 0.2) is 18.2 Å². The van der Waals surface area contributed by atoms with Crippen molar-refractivity contribution < 1.29 is 40.5 Å². The molecule has 1 aromatic carbocycles. The van der Waals surface area contributed by atoms with Gasteiger partial charge in [-0.3, -0.25) is 10.1 Å². The molecule has 0 aliphatic heterocycles. The van der Waals surface area contributed by atoms with Gasteiger partial charge in [0.15, 0.2) is 6.29 Å². The van der Waals surface area contributed by atoms with Gasteiger partial charge in [0.1, 0.15) is 29.8 Å². The van der Waals surface area contributed by atoms with E-state index < -0.39 is 36.7 Å². The van der Waals surface area contributed by atoms with Crippen LogP contribution in [0.25, 0.3) is 0 Å². The van der Waals surface area contributed by atoms with E-state index in [1.54, 1.807) is 0 Å². The zero-order valence-electron chi connectivity index (χ0n) is 12.4. The van der Waals surface area contributed by atoms with Crippen LogP contribution in [0.3, 0.4) is 0 Å². The molecule has 5 atom stereocenters. The molecule has 9 nitrogen and oxygen atoms in total. The number of phenols is 2. The molecule has 1 rings (SSSR count). The van der Waals surface area contributed by atoms with Crippen LogP contribution in [0.1, 0.15) is 18.5 Å². The van der Waals surface area contributed by atoms with Crippen molar-refractivity contribution >= 4 is 6.29 Å². The summed E-state index contributed by atoms with van der Waals surface area (Å²) in [4.78, 5) is 11.2. The third-order valence-electron chi connectivity index (χ3n) is 3.46. The number of phenolic OH excluding ortho intramolecular Hbond substituents is 2. The Morgan fingerprint density at radius 2 is 1.87 bits per heavy atom. The predicted octanol–water partition coefficient (Wildman–Crippen LogP) is -2.29. The number of aliphatic hydroxyl groups excluding tert-OH is 4. The molecule has 0 aliphatic rings. The minimum Gasteiger partial charge on any atom is -0.508 e. The van der Waals surface area contributed by atoms with Gasteiger partial charge in [0.25, 0.3) is 0 Å². The summed E-state index contributed by atoms with van der Waals surface area (Å²) in [5.41, 5.74) is -2.45. The third kappa shape index (κ3) is 4.38. The largest absolute Gasteiger partial charge is 0.508 e. The van der Waals surface area contributed by atoms with E-state index in [0.29, 0.717) is 0 Å². The zero-order chi connectivity index (χ0) is 17.8. The van der Waals surface area contributed by atoms with E-state index in [2.05, 4.69) is 5.32 Å². The molecule has 0 spiro atoms. The molecule has 8 N–H and O–H groups in total. The topological polar surface area (TPSA) is 171 Å². The predicted molar refractivity (Wildman–Crippen MR) is 77.4 cm³/mol. The highest BCUT2D eigenvalue weighted by molar-refractivity contribution is 5.63. The van der Waals surface area contributed by atoms with Gasteiger partial charge >= 0.3 is 0 Å². The van der Waals surface area contributed by atoms with Gasteiger partial charge in [-0.2, -0.15) is 0 Å². The van der Waals surface area contributed by atoms with Crippen LogP contribution in [0, 0.1) is 0 Å². The first-order valence-corrected chi connectivity index (χ1v) is 6.79. The number of carbonyl (C=O) groups is 1. The summed E-state index contributed by atoms with van der Waals surface area (Å²) < 4.78 is 0. The highest BCUT2D eigenvalue weighted by atomic mass is 16.4. The van der Waals surface area contributed by atoms with Crippen molar-refractivity contribution in [1.82, 2.24) is 5.32 Å². The first-order valence-electron chi connectivity index (χ1n) is 6.79. The highest BCUT2D eigenvalue weighted by Crippen LogP contribution is 2.29. The summed E-state index contributed by atoms with van der Waals surface area (Å²) in [5, 5.41) is 69.0. The zero-order valence-corrected chi connectivity index (χ0v) is 12.4. The standard InChI is InChI=1S/C14H21NO8/c1-7(9-3-2-8(18)4-10(9)19)15-14(23,6-17)13(22)12(21)11(20)5-16/h2-4,6-7,11-13,15-16,18-23H,5H2,1H3/t7?,11-,12+,13-,14+/m1/s1. The van der Waals surface area contributed by atoms with Gasteiger partial charge in [0.05, 0.1) is 6.61 Å². The smallest absolute Gasteiger partial charge is 0.202 e. The maximum absolute atomic E-state index is 11.2. The lowest BCUT2D eigenvalue weighted by molar-refractivity contribution is -0.175. The Hall–Kier alpha value is -1.75. The normalized spacial score (nSPS) is 19.4. The molecule has 0 saturated carbocycles. The van der Waals surface area contributed by atoms with Crippen molar-refractivity contribution in [3.8, 4) is 11.5 Å². The monoisotopic (exact) mass is 331 g/mol. The lowest BCUT2D eigenvalue weighted by Crippen LogP contribution is -2.62. The van der Waals surface area contributed by atoms with Gasteiger partial charge in [0, 0.05) is 17.7 Å². The third-order valence-corrected chi connectivity index (χ3v) is 3.46. The molecule has 1 aromatic rings. The van der Waals surface area contributed by atoms with E-state index in [1.807, 2.05) is 0 Å². The summed E-state index contributed by atoms with van der Waals surface area (Å²) in [5.74, 6) is -0.505. The van der Waals surface area contributed by atoms with E-state index in [9.17, 15) is 35.4 Å². The van der Waals surface area contributed by atoms with Crippen LogP contribution in [0.2, 0.25) is 0 Å². The van der Waals surface area contributed by atoms with Crippen LogP contribution in [-0.4, -0.2) is 72.7 Å². The maximum atomic E-state index is 11.2. The molecule has 0 saturated heterocycles. The highest BCUT2D eigenvalue weighted by Gasteiger charge is 2.43. The van der Waals surface area contributed by atoms with E-state index in [-0.39, 0.29) is 23.3 Å². The van der Waals surface area contributed by atoms with E-state index >= 15 is 0 Å². The number of carbonyl (C=O) groups excluding carboxylic acids is 1. The Morgan fingerprint density at radius 1 is 1.26 bits per heavy atom. The molecule has 1 unspecified atom stereocenters. The summed E-state index contributed by atoms with van der Waals surface area (Å²) in [6.07, 6.45) is -5.98. The second kappa shape index (κ2) is 7.68. The fourth-order valence-corrected chi connectivity index (χ4v) is 2.09. The van der Waals surface area contributed by atoms with Gasteiger partial charge in [-0.1, -0.05) is 6.07 Å². The SMILES string of the molecule is CC(N[C@](O)(C=O)[C@H](O)[C@@H](O)[C@H](O)CO)c1ccc(O)cc1O. The van der Waals surface area contributed by atoms with Crippen molar-refractivity contribution in [3.05, 3.63) is 23.8 Å². The van der Waals surface area contributed by atoms with E-state index in [0.717, 1.165) is 6.07 Å². The van der Waals surface area contributed by atoms with Crippen LogP contribution < -0.4 is 5.32 Å². The van der Waals surface area contributed by atoms with Crippen molar-refractivity contribution in [2.45, 2.75) is 37.0 Å². The molecular weight excluding hydrogens is 310 g/mol. The van der Waals surface area contributed by atoms with Gasteiger partial charge in [-0.05, 0) is 13.0 Å². The molecule has 23 heavy (non-hydrogen) atoms. The van der Waals surface area contributed by atoms with Crippen molar-refractivity contribution in [1.29, 1.82) is 0 Å². The Kier molecular flexibility index (Phi) is 6.45. The van der Waals surface area contributed by atoms with Crippen molar-refractivity contribution in [2.24, 2.45) is 0 Å². The van der Waals surface area contributed by atoms with Gasteiger partial charge in [-0.15, -0.1) is 0 Å². The second-order valence-corrected chi connectivity index (χ2v) is 5.24. The van der Waals surface area contributed by atoms with Gasteiger partial charge < -0.3 is 35.7 Å². The first kappa shape index (κ1) is 19.3. The Morgan fingerprint density at radius 3 is 2.35 bits per heavy atom. The average molecular weight is 331 g/mol. The summed E-state index contributed by atoms with van der Waals surface area (Å²) >= 11 is 0. The van der Waals surface area contributed by atoms with Gasteiger partial charge in [-0.25, -0.2) is 0 Å². The molecule has 0 radical (unpaired) electrons. The van der Waals surface area contributed by atoms with Crippen molar-refractivity contribution in [3.63, 3.8) is 0 Å². The Labute approximate surface area is 132 Å². The first-order chi connectivity index (χ1) is 10.7. The molecule has 0 aliphatic carbocycles. The number of aliphatic hydroxyl groups is 5. The lowest BCUT2D eigenvalue weighted by atomic mass is 9.96. The lowest BCUT2D eigenvalue weighted by Gasteiger charge is -2.35. The molecule has 0 aromatic heterocycles. The maximum Gasteiger partial charge on any atom is 0.202 e. The van der Waals surface area contributed by atoms with Crippen LogP contribution >= 0.6 is 0 Å². The van der Waals surface area contributed by atoms with E-state index in [1.165, 1.54) is 19.1 Å². The summed E-state index contributed by atoms with van der Waals surface area (Å²) in [7, 11) is 0. The van der Waals surface area contributed by atoms with Crippen LogP contribution in [0.5, 0.6) is 11.5 Å². The fourth-order valence-electron chi connectivity index (χ4n) is 2.09. The van der Waals surface area contributed by atoms with Crippen LogP contribution in [-0.2, 0) is 4.79 Å². The number of hydrogen-bond acceptors (Lipinski definition) is 9. The molecule has 0 heterocycles. The van der Waals surface area contributed by atoms with E-state index in [4.69, 9.17) is 5.11 Å². The summed E-state index contributed by atoms with van der Waals surface area (Å²) in [6.45, 7) is 0.559. The summed E-state index contributed by atoms with van der Waals surface area (Å²) in [6, 6.07) is 2.78. The van der Waals surface area contributed by atoms with Crippen molar-refractivity contribution in [2.75, 3.05) is 6.61 Å². The molecule has 0 fully saturated rings. The number of hydrogen-bond donors (Lipinski definition) is 8. The fraction of sp³-hybridized carbons (Fsp3) is 0.500. The average Bonchev–Trinajstić information content (AvgIpc) is 2.52. The number of rotatable bonds is 8.